The molecule has 3 amide bonds. The molecule has 1 saturated heterocycles. The van der Waals surface area contributed by atoms with Crippen LogP contribution < -0.4 is 25.4 Å². The maximum atomic E-state index is 11.7. The van der Waals surface area contributed by atoms with Crippen molar-refractivity contribution in [2.45, 2.75) is 6.04 Å². The zero-order valence-electron chi connectivity index (χ0n) is 10.6. The number of amides is 3. The van der Waals surface area contributed by atoms with Gasteiger partial charge in [-0.25, -0.2) is 4.79 Å². The summed E-state index contributed by atoms with van der Waals surface area (Å²) in [7, 11) is 3.09. The lowest BCUT2D eigenvalue weighted by molar-refractivity contribution is -0.121. The van der Waals surface area contributed by atoms with Gasteiger partial charge in [0, 0.05) is 12.6 Å². The van der Waals surface area contributed by atoms with Crippen LogP contribution in [0.15, 0.2) is 18.2 Å². The number of nitrogens with one attached hydrogen (secondary N) is 3. The van der Waals surface area contributed by atoms with Crippen molar-refractivity contribution in [3.8, 4) is 11.5 Å². The summed E-state index contributed by atoms with van der Waals surface area (Å²) in [5.74, 6) is 0.850. The van der Waals surface area contributed by atoms with E-state index in [9.17, 15) is 9.59 Å². The van der Waals surface area contributed by atoms with Gasteiger partial charge in [-0.1, -0.05) is 0 Å². The van der Waals surface area contributed by atoms with Crippen molar-refractivity contribution in [3.63, 3.8) is 0 Å². The summed E-state index contributed by atoms with van der Waals surface area (Å²) in [6, 6.07) is 4.18. The van der Waals surface area contributed by atoms with E-state index in [0.29, 0.717) is 17.2 Å². The Morgan fingerprint density at radius 2 is 2.05 bits per heavy atom. The maximum Gasteiger partial charge on any atom is 0.321 e. The molecule has 3 N–H and O–H groups in total. The second-order valence-electron chi connectivity index (χ2n) is 3.96. The Morgan fingerprint density at radius 1 is 1.26 bits per heavy atom. The van der Waals surface area contributed by atoms with E-state index in [1.54, 1.807) is 25.3 Å². The second-order valence-corrected chi connectivity index (χ2v) is 3.96. The Balaban J connectivity index is 2.17. The van der Waals surface area contributed by atoms with Crippen LogP contribution in [0, 0.1) is 0 Å². The van der Waals surface area contributed by atoms with E-state index in [1.807, 2.05) is 0 Å². The van der Waals surface area contributed by atoms with E-state index in [2.05, 4.69) is 16.0 Å². The van der Waals surface area contributed by atoms with Crippen molar-refractivity contribution in [2.75, 3.05) is 26.1 Å². The summed E-state index contributed by atoms with van der Waals surface area (Å²) in [5, 5.41) is 7.75. The molecule has 1 fully saturated rings. The number of imide groups is 1. The predicted molar refractivity (Wildman–Crippen MR) is 68.5 cm³/mol. The molecular formula is C12H15N3O4. The first-order valence-electron chi connectivity index (χ1n) is 5.71. The van der Waals surface area contributed by atoms with Crippen molar-refractivity contribution in [1.29, 1.82) is 0 Å². The summed E-state index contributed by atoms with van der Waals surface area (Å²) < 4.78 is 10.3. The minimum absolute atomic E-state index is 0.213. The van der Waals surface area contributed by atoms with Gasteiger partial charge < -0.3 is 20.1 Å². The van der Waals surface area contributed by atoms with Crippen molar-refractivity contribution >= 4 is 17.6 Å². The zero-order valence-corrected chi connectivity index (χ0v) is 10.6. The van der Waals surface area contributed by atoms with Crippen LogP contribution in [0.5, 0.6) is 11.5 Å². The molecule has 0 bridgehead atoms. The fourth-order valence-corrected chi connectivity index (χ4v) is 1.76. The normalized spacial score (nSPS) is 18.3. The Kier molecular flexibility index (Phi) is 3.74. The lowest BCUT2D eigenvalue weighted by Gasteiger charge is -2.24. The Labute approximate surface area is 110 Å². The molecule has 0 aliphatic carbocycles. The number of anilines is 1. The highest BCUT2D eigenvalue weighted by molar-refractivity contribution is 6.01. The van der Waals surface area contributed by atoms with Crippen LogP contribution >= 0.6 is 0 Å². The van der Waals surface area contributed by atoms with Gasteiger partial charge in [0.25, 0.3) is 5.91 Å². The van der Waals surface area contributed by atoms with Crippen LogP contribution in [-0.4, -0.2) is 38.7 Å². The molecule has 1 aromatic rings. The lowest BCUT2D eigenvalue weighted by Crippen LogP contribution is -2.57. The molecule has 1 aromatic carbocycles. The number of carbonyl (C=O) groups is 2. The van der Waals surface area contributed by atoms with Crippen molar-refractivity contribution in [1.82, 2.24) is 10.6 Å². The van der Waals surface area contributed by atoms with Crippen LogP contribution in [0.25, 0.3) is 0 Å². The molecule has 7 heteroatoms. The molecular weight excluding hydrogens is 250 g/mol. The van der Waals surface area contributed by atoms with Crippen LogP contribution in [-0.2, 0) is 4.79 Å². The second kappa shape index (κ2) is 5.47. The van der Waals surface area contributed by atoms with Gasteiger partial charge in [0.05, 0.1) is 19.9 Å². The predicted octanol–water partition coefficient (Wildman–Crippen LogP) is 0.324. The SMILES string of the molecule is COc1ccc(OC)c(NC2CNC(=O)NC2=O)c1. The number of methoxy groups -OCH3 is 2. The van der Waals surface area contributed by atoms with Crippen LogP contribution in [0.1, 0.15) is 0 Å². The fraction of sp³-hybridized carbons (Fsp3) is 0.333. The molecule has 1 aliphatic rings. The Morgan fingerprint density at radius 3 is 2.68 bits per heavy atom. The largest absolute Gasteiger partial charge is 0.497 e. The van der Waals surface area contributed by atoms with Crippen molar-refractivity contribution < 1.29 is 19.1 Å². The molecule has 102 valence electrons. The molecule has 2 rings (SSSR count). The van der Waals surface area contributed by atoms with Crippen LogP contribution in [0.2, 0.25) is 0 Å². The number of hydrogen-bond donors (Lipinski definition) is 3. The van der Waals surface area contributed by atoms with Gasteiger partial charge >= 0.3 is 6.03 Å². The number of urea groups is 1. The smallest absolute Gasteiger partial charge is 0.321 e. The van der Waals surface area contributed by atoms with E-state index in [4.69, 9.17) is 9.47 Å². The van der Waals surface area contributed by atoms with Crippen molar-refractivity contribution in [2.24, 2.45) is 0 Å². The van der Waals surface area contributed by atoms with E-state index in [-0.39, 0.29) is 12.5 Å². The number of hydrogen-bond acceptors (Lipinski definition) is 5. The third-order valence-electron chi connectivity index (χ3n) is 2.76. The van der Waals surface area contributed by atoms with Crippen molar-refractivity contribution in [3.05, 3.63) is 18.2 Å². The molecule has 0 spiro atoms. The number of ether oxygens (including phenoxy) is 2. The lowest BCUT2D eigenvalue weighted by atomic mass is 10.2. The first-order chi connectivity index (χ1) is 9.13. The average Bonchev–Trinajstić information content (AvgIpc) is 2.41. The molecule has 0 aromatic heterocycles. The summed E-state index contributed by atoms with van der Waals surface area (Å²) in [4.78, 5) is 22.6. The average molecular weight is 265 g/mol. The highest BCUT2D eigenvalue weighted by Gasteiger charge is 2.26. The van der Waals surface area contributed by atoms with Gasteiger partial charge in [0.2, 0.25) is 0 Å². The van der Waals surface area contributed by atoms with E-state index < -0.39 is 12.1 Å². The van der Waals surface area contributed by atoms with Crippen LogP contribution in [0.3, 0.4) is 0 Å². The van der Waals surface area contributed by atoms with Gasteiger partial charge in [-0.3, -0.25) is 10.1 Å². The molecule has 0 saturated carbocycles. The summed E-state index contributed by atoms with van der Waals surface area (Å²) in [6.45, 7) is 0.213. The minimum atomic E-state index is -0.557. The molecule has 19 heavy (non-hydrogen) atoms. The first kappa shape index (κ1) is 13.0. The standard InChI is InChI=1S/C12H15N3O4/c1-18-7-3-4-10(19-2)8(5-7)14-9-6-13-12(17)15-11(9)16/h3-5,9,14H,6H2,1-2H3,(H2,13,15,16,17). The van der Waals surface area contributed by atoms with Gasteiger partial charge in [-0.05, 0) is 12.1 Å². The fourth-order valence-electron chi connectivity index (χ4n) is 1.76. The quantitative estimate of drug-likeness (QED) is 0.729. The third-order valence-corrected chi connectivity index (χ3v) is 2.76. The Bertz CT molecular complexity index is 504. The highest BCUT2D eigenvalue weighted by Crippen LogP contribution is 2.29. The summed E-state index contributed by atoms with van der Waals surface area (Å²) in [6.07, 6.45) is 0. The van der Waals surface area contributed by atoms with Gasteiger partial charge in [0.15, 0.2) is 0 Å². The molecule has 0 radical (unpaired) electrons. The highest BCUT2D eigenvalue weighted by atomic mass is 16.5. The van der Waals surface area contributed by atoms with Gasteiger partial charge in [0.1, 0.15) is 17.5 Å². The third kappa shape index (κ3) is 2.87. The zero-order chi connectivity index (χ0) is 13.8. The number of benzene rings is 1. The van der Waals surface area contributed by atoms with E-state index in [1.165, 1.54) is 7.11 Å². The van der Waals surface area contributed by atoms with Crippen LogP contribution in [0.4, 0.5) is 10.5 Å². The van der Waals surface area contributed by atoms with Gasteiger partial charge in [-0.15, -0.1) is 0 Å². The van der Waals surface area contributed by atoms with Gasteiger partial charge in [-0.2, -0.15) is 0 Å². The number of rotatable bonds is 4. The topological polar surface area (TPSA) is 88.7 Å². The van der Waals surface area contributed by atoms with E-state index in [0.717, 1.165) is 0 Å². The molecule has 1 aliphatic heterocycles. The number of carbonyl (C=O) groups excluding carboxylic acids is 2. The molecule has 1 atom stereocenters. The molecule has 7 nitrogen and oxygen atoms in total. The van der Waals surface area contributed by atoms with E-state index >= 15 is 0 Å². The minimum Gasteiger partial charge on any atom is -0.497 e. The molecule has 1 unspecified atom stereocenters. The summed E-state index contributed by atoms with van der Waals surface area (Å²) >= 11 is 0. The Hall–Kier alpha value is -2.44. The molecule has 1 heterocycles. The maximum absolute atomic E-state index is 11.7. The summed E-state index contributed by atoms with van der Waals surface area (Å²) in [5.41, 5.74) is 0.623. The monoisotopic (exact) mass is 265 g/mol. The first-order valence-corrected chi connectivity index (χ1v) is 5.71.